The fraction of sp³-hybridized carbons (Fsp3) is 0.462. The zero-order valence-corrected chi connectivity index (χ0v) is 10.4. The molecule has 17 heavy (non-hydrogen) atoms. The summed E-state index contributed by atoms with van der Waals surface area (Å²) in [5.74, 6) is -0.342. The molecule has 4 heteroatoms. The molecule has 2 rings (SSSR count). The third-order valence-electron chi connectivity index (χ3n) is 3.07. The van der Waals surface area contributed by atoms with Crippen LogP contribution in [0.2, 0.25) is 0 Å². The molecule has 1 unspecified atom stereocenters. The highest BCUT2D eigenvalue weighted by atomic mass is 16.4. The number of benzene rings is 1. The largest absolute Gasteiger partial charge is 0.420 e. The molecule has 0 saturated heterocycles. The first-order valence-corrected chi connectivity index (χ1v) is 5.73. The molecular weight excluding hydrogens is 216 g/mol. The van der Waals surface area contributed by atoms with E-state index in [1.165, 1.54) is 0 Å². The lowest BCUT2D eigenvalue weighted by molar-refractivity contribution is 0.287. The number of rotatable bonds is 2. The molecule has 1 heterocycles. The van der Waals surface area contributed by atoms with Crippen LogP contribution in [-0.2, 0) is 6.54 Å². The van der Waals surface area contributed by atoms with Crippen molar-refractivity contribution in [2.24, 2.45) is 11.1 Å². The van der Waals surface area contributed by atoms with Crippen LogP contribution in [-0.4, -0.2) is 10.6 Å². The van der Waals surface area contributed by atoms with Crippen LogP contribution in [0.3, 0.4) is 0 Å². The summed E-state index contributed by atoms with van der Waals surface area (Å²) in [5.41, 5.74) is 7.47. The van der Waals surface area contributed by atoms with E-state index in [0.717, 1.165) is 5.52 Å². The lowest BCUT2D eigenvalue weighted by atomic mass is 9.87. The Balaban J connectivity index is 2.43. The molecule has 0 amide bonds. The SMILES string of the molecule is CC(C)(C)C(N)Cn1c(=O)oc2ccccc21. The molecule has 0 aliphatic heterocycles. The van der Waals surface area contributed by atoms with Gasteiger partial charge in [-0.25, -0.2) is 4.79 Å². The Morgan fingerprint density at radius 3 is 2.65 bits per heavy atom. The summed E-state index contributed by atoms with van der Waals surface area (Å²) >= 11 is 0. The van der Waals surface area contributed by atoms with Crippen LogP contribution in [0.25, 0.3) is 11.1 Å². The molecular formula is C13H18N2O2. The van der Waals surface area contributed by atoms with Crippen LogP contribution in [0.4, 0.5) is 0 Å². The minimum absolute atomic E-state index is 0.0438. The Morgan fingerprint density at radius 1 is 1.35 bits per heavy atom. The average Bonchev–Trinajstić information content (AvgIpc) is 2.54. The number of nitrogens with two attached hydrogens (primary N) is 1. The van der Waals surface area contributed by atoms with Crippen LogP contribution < -0.4 is 11.5 Å². The molecule has 1 atom stereocenters. The summed E-state index contributed by atoms with van der Waals surface area (Å²) in [5, 5.41) is 0. The van der Waals surface area contributed by atoms with Crippen LogP contribution in [0, 0.1) is 5.41 Å². The van der Waals surface area contributed by atoms with Crippen LogP contribution in [0.1, 0.15) is 20.8 Å². The number of hydrogen-bond donors (Lipinski definition) is 1. The molecule has 2 aromatic rings. The minimum Gasteiger partial charge on any atom is -0.408 e. The normalized spacial score (nSPS) is 14.1. The monoisotopic (exact) mass is 234 g/mol. The maximum Gasteiger partial charge on any atom is 0.420 e. The average molecular weight is 234 g/mol. The van der Waals surface area contributed by atoms with E-state index in [0.29, 0.717) is 12.1 Å². The van der Waals surface area contributed by atoms with Gasteiger partial charge in [0, 0.05) is 12.6 Å². The molecule has 92 valence electrons. The van der Waals surface area contributed by atoms with Gasteiger partial charge in [0.1, 0.15) is 0 Å². The fourth-order valence-electron chi connectivity index (χ4n) is 1.66. The predicted molar refractivity (Wildman–Crippen MR) is 67.9 cm³/mol. The highest BCUT2D eigenvalue weighted by Crippen LogP contribution is 2.20. The number of nitrogens with zero attached hydrogens (tertiary/aromatic N) is 1. The topological polar surface area (TPSA) is 61.2 Å². The first kappa shape index (κ1) is 11.9. The molecule has 0 aliphatic carbocycles. The molecule has 1 aromatic carbocycles. The van der Waals surface area contributed by atoms with E-state index in [-0.39, 0.29) is 17.2 Å². The molecule has 0 bridgehead atoms. The van der Waals surface area contributed by atoms with Crippen molar-refractivity contribution in [1.29, 1.82) is 0 Å². The number of oxazole rings is 1. The van der Waals surface area contributed by atoms with Crippen molar-refractivity contribution in [2.75, 3.05) is 0 Å². The fourth-order valence-corrected chi connectivity index (χ4v) is 1.66. The van der Waals surface area contributed by atoms with E-state index in [1.54, 1.807) is 10.6 Å². The predicted octanol–water partition coefficient (Wildman–Crippen LogP) is 1.97. The van der Waals surface area contributed by atoms with Gasteiger partial charge in [0.2, 0.25) is 0 Å². The summed E-state index contributed by atoms with van der Waals surface area (Å²) < 4.78 is 6.77. The molecule has 1 aromatic heterocycles. The van der Waals surface area contributed by atoms with Crippen molar-refractivity contribution >= 4 is 11.1 Å². The minimum atomic E-state index is -0.342. The molecule has 0 saturated carbocycles. The molecule has 0 radical (unpaired) electrons. The Kier molecular flexibility index (Phi) is 2.83. The third-order valence-corrected chi connectivity index (χ3v) is 3.07. The summed E-state index contributed by atoms with van der Waals surface area (Å²) in [6, 6.07) is 7.29. The van der Waals surface area contributed by atoms with Gasteiger partial charge in [-0.1, -0.05) is 32.9 Å². The van der Waals surface area contributed by atoms with Gasteiger partial charge in [0.15, 0.2) is 5.58 Å². The lowest BCUT2D eigenvalue weighted by Crippen LogP contribution is -2.40. The molecule has 2 N–H and O–H groups in total. The molecule has 4 nitrogen and oxygen atoms in total. The lowest BCUT2D eigenvalue weighted by Gasteiger charge is -2.26. The Bertz CT molecular complexity index is 575. The van der Waals surface area contributed by atoms with Gasteiger partial charge in [0.25, 0.3) is 0 Å². The second-order valence-electron chi connectivity index (χ2n) is 5.42. The van der Waals surface area contributed by atoms with E-state index < -0.39 is 0 Å². The van der Waals surface area contributed by atoms with Gasteiger partial charge in [-0.15, -0.1) is 0 Å². The van der Waals surface area contributed by atoms with Crippen LogP contribution >= 0.6 is 0 Å². The first-order chi connectivity index (χ1) is 7.89. The van der Waals surface area contributed by atoms with E-state index in [1.807, 2.05) is 18.2 Å². The zero-order chi connectivity index (χ0) is 12.6. The van der Waals surface area contributed by atoms with Gasteiger partial charge < -0.3 is 10.2 Å². The van der Waals surface area contributed by atoms with Gasteiger partial charge in [-0.05, 0) is 17.5 Å². The van der Waals surface area contributed by atoms with Crippen molar-refractivity contribution < 1.29 is 4.42 Å². The van der Waals surface area contributed by atoms with Crippen LogP contribution in [0.5, 0.6) is 0 Å². The Morgan fingerprint density at radius 2 is 2.00 bits per heavy atom. The second kappa shape index (κ2) is 4.04. The Labute approximate surface area is 100 Å². The van der Waals surface area contributed by atoms with Crippen molar-refractivity contribution in [3.8, 4) is 0 Å². The number of fused-ring (bicyclic) bond motifs is 1. The van der Waals surface area contributed by atoms with E-state index in [9.17, 15) is 4.79 Å². The number of para-hydroxylation sites is 2. The maximum atomic E-state index is 11.7. The van der Waals surface area contributed by atoms with Gasteiger partial charge >= 0.3 is 5.76 Å². The maximum absolute atomic E-state index is 11.7. The summed E-state index contributed by atoms with van der Waals surface area (Å²) in [4.78, 5) is 11.7. The van der Waals surface area contributed by atoms with Gasteiger partial charge in [-0.3, -0.25) is 4.57 Å². The summed E-state index contributed by atoms with van der Waals surface area (Å²) in [6.45, 7) is 6.65. The van der Waals surface area contributed by atoms with Gasteiger partial charge in [0.05, 0.1) is 5.52 Å². The Hall–Kier alpha value is -1.55. The van der Waals surface area contributed by atoms with Gasteiger partial charge in [-0.2, -0.15) is 0 Å². The third kappa shape index (κ3) is 2.26. The number of aromatic nitrogens is 1. The summed E-state index contributed by atoms with van der Waals surface area (Å²) in [7, 11) is 0. The smallest absolute Gasteiger partial charge is 0.408 e. The highest BCUT2D eigenvalue weighted by Gasteiger charge is 2.22. The highest BCUT2D eigenvalue weighted by molar-refractivity contribution is 5.72. The van der Waals surface area contributed by atoms with Crippen LogP contribution in [0.15, 0.2) is 33.5 Å². The first-order valence-electron chi connectivity index (χ1n) is 5.73. The summed E-state index contributed by atoms with van der Waals surface area (Å²) in [6.07, 6.45) is 0. The van der Waals surface area contributed by atoms with E-state index >= 15 is 0 Å². The quantitative estimate of drug-likeness (QED) is 0.864. The standard InChI is InChI=1S/C13H18N2O2/c1-13(2,3)11(14)8-15-9-6-4-5-7-10(9)17-12(15)16/h4-7,11H,8,14H2,1-3H3. The van der Waals surface area contributed by atoms with Crippen molar-refractivity contribution in [2.45, 2.75) is 33.4 Å². The second-order valence-corrected chi connectivity index (χ2v) is 5.42. The van der Waals surface area contributed by atoms with E-state index in [2.05, 4.69) is 20.8 Å². The molecule has 0 aliphatic rings. The zero-order valence-electron chi connectivity index (χ0n) is 10.4. The molecule has 0 spiro atoms. The van der Waals surface area contributed by atoms with Crippen molar-refractivity contribution in [3.05, 3.63) is 34.8 Å². The van der Waals surface area contributed by atoms with E-state index in [4.69, 9.17) is 10.2 Å². The van der Waals surface area contributed by atoms with Crippen molar-refractivity contribution in [3.63, 3.8) is 0 Å². The molecule has 0 fully saturated rings. The van der Waals surface area contributed by atoms with Crippen molar-refractivity contribution in [1.82, 2.24) is 4.57 Å². The number of hydrogen-bond acceptors (Lipinski definition) is 3.